The van der Waals surface area contributed by atoms with Crippen molar-refractivity contribution in [3.05, 3.63) is 65.4 Å². The Hall–Kier alpha value is -2.76. The largest absolute Gasteiger partial charge is 0.308 e. The molecule has 1 aromatic heterocycles. The first-order chi connectivity index (χ1) is 8.61. The van der Waals surface area contributed by atoms with Crippen molar-refractivity contribution < 1.29 is 0 Å². The van der Waals surface area contributed by atoms with Crippen molar-refractivity contribution in [3.8, 4) is 0 Å². The molecule has 0 saturated carbocycles. The van der Waals surface area contributed by atoms with E-state index in [1.165, 1.54) is 12.4 Å². The zero-order valence-electron chi connectivity index (χ0n) is 8.94. The maximum atomic E-state index is 12.1. The molecule has 0 aliphatic heterocycles. The van der Waals surface area contributed by atoms with E-state index in [9.17, 15) is 19.2 Å². The highest BCUT2D eigenvalue weighted by Crippen LogP contribution is 2.05. The van der Waals surface area contributed by atoms with Gasteiger partial charge in [0, 0.05) is 12.4 Å². The molecule has 2 aromatic carbocycles. The van der Waals surface area contributed by atoms with E-state index in [1.807, 2.05) is 0 Å². The number of H-pyrrole nitrogens is 2. The van der Waals surface area contributed by atoms with Gasteiger partial charge >= 0.3 is 0 Å². The molecule has 3 aromatic rings. The van der Waals surface area contributed by atoms with Gasteiger partial charge in [0.15, 0.2) is 21.7 Å². The minimum absolute atomic E-state index is 0.0916. The molecule has 0 aliphatic carbocycles. The highest BCUT2D eigenvalue weighted by Gasteiger charge is 2.14. The maximum absolute atomic E-state index is 12.1. The van der Waals surface area contributed by atoms with Crippen LogP contribution in [-0.2, 0) is 0 Å². The van der Waals surface area contributed by atoms with Crippen LogP contribution in [0.15, 0.2) is 43.7 Å². The number of aromatic amines is 2. The molecule has 0 fully saturated rings. The molecule has 0 amide bonds. The Kier molecular flexibility index (Phi) is 1.94. The van der Waals surface area contributed by atoms with Crippen molar-refractivity contribution in [1.29, 1.82) is 0 Å². The molecule has 2 N–H and O–H groups in total. The van der Waals surface area contributed by atoms with Gasteiger partial charge in [0.05, 0.1) is 21.5 Å². The number of aromatic nitrogens is 2. The molecule has 0 aliphatic rings. The topological polar surface area (TPSA) is 99.9 Å². The SMILES string of the molecule is O=c1ccc(=O)c2c(=O)c3c[nH][nH]cc3c(=O)c12. The summed E-state index contributed by atoms with van der Waals surface area (Å²) in [5.74, 6) is 0. The summed E-state index contributed by atoms with van der Waals surface area (Å²) in [6.45, 7) is 0. The summed E-state index contributed by atoms with van der Waals surface area (Å²) in [7, 11) is 0. The van der Waals surface area contributed by atoms with Crippen LogP contribution in [0.4, 0.5) is 0 Å². The fourth-order valence-electron chi connectivity index (χ4n) is 2.04. The normalized spacial score (nSPS) is 11.1. The first-order valence-electron chi connectivity index (χ1n) is 5.13. The van der Waals surface area contributed by atoms with Crippen LogP contribution in [0, 0.1) is 0 Å². The molecule has 0 saturated heterocycles. The molecule has 0 radical (unpaired) electrons. The number of hydrogen-bond acceptors (Lipinski definition) is 4. The van der Waals surface area contributed by atoms with E-state index in [0.29, 0.717) is 0 Å². The lowest BCUT2D eigenvalue weighted by molar-refractivity contribution is 1.05. The van der Waals surface area contributed by atoms with Gasteiger partial charge in [-0.2, -0.15) is 0 Å². The predicted octanol–water partition coefficient (Wildman–Crippen LogP) is -0.472. The lowest BCUT2D eigenvalue weighted by atomic mass is 10.0. The van der Waals surface area contributed by atoms with Gasteiger partial charge < -0.3 is 10.2 Å². The van der Waals surface area contributed by atoms with Crippen LogP contribution in [0.2, 0.25) is 0 Å². The molecule has 6 nitrogen and oxygen atoms in total. The lowest BCUT2D eigenvalue weighted by Gasteiger charge is -1.98. The fraction of sp³-hybridized carbons (Fsp3) is 0. The van der Waals surface area contributed by atoms with E-state index >= 15 is 0 Å². The Morgan fingerprint density at radius 3 is 1.44 bits per heavy atom. The second-order valence-corrected chi connectivity index (χ2v) is 3.87. The van der Waals surface area contributed by atoms with E-state index < -0.39 is 21.7 Å². The molecular weight excluding hydrogens is 236 g/mol. The summed E-state index contributed by atoms with van der Waals surface area (Å²) < 4.78 is 0. The Bertz CT molecular complexity index is 919. The number of fused-ring (bicyclic) bond motifs is 2. The van der Waals surface area contributed by atoms with E-state index in [-0.39, 0.29) is 21.5 Å². The first-order valence-corrected chi connectivity index (χ1v) is 5.13. The van der Waals surface area contributed by atoms with E-state index in [1.54, 1.807) is 0 Å². The maximum Gasteiger partial charge on any atom is 0.200 e. The van der Waals surface area contributed by atoms with Gasteiger partial charge in [-0.1, -0.05) is 0 Å². The minimum Gasteiger partial charge on any atom is -0.308 e. The van der Waals surface area contributed by atoms with Crippen molar-refractivity contribution in [1.82, 2.24) is 10.2 Å². The zero-order chi connectivity index (χ0) is 12.9. The van der Waals surface area contributed by atoms with Gasteiger partial charge in [0.25, 0.3) is 0 Å². The molecule has 0 atom stereocenters. The molecule has 6 heteroatoms. The summed E-state index contributed by atoms with van der Waals surface area (Å²) in [6, 6.07) is 2.02. The van der Waals surface area contributed by atoms with Crippen molar-refractivity contribution in [2.75, 3.05) is 0 Å². The average Bonchev–Trinajstić information content (AvgIpc) is 2.38. The number of nitrogens with one attached hydrogen (secondary N) is 2. The van der Waals surface area contributed by atoms with E-state index in [0.717, 1.165) is 12.1 Å². The Balaban J connectivity index is 2.93. The minimum atomic E-state index is -0.610. The third kappa shape index (κ3) is 1.17. The van der Waals surface area contributed by atoms with E-state index in [2.05, 4.69) is 10.2 Å². The zero-order valence-corrected chi connectivity index (χ0v) is 8.94. The number of rotatable bonds is 0. The average molecular weight is 242 g/mol. The number of hydrogen-bond donors (Lipinski definition) is 2. The highest BCUT2D eigenvalue weighted by atomic mass is 16.1. The van der Waals surface area contributed by atoms with E-state index in [4.69, 9.17) is 0 Å². The molecular formula is C12H6N2O4. The van der Waals surface area contributed by atoms with Crippen LogP contribution in [0.3, 0.4) is 0 Å². The molecule has 88 valence electrons. The third-order valence-electron chi connectivity index (χ3n) is 2.88. The quantitative estimate of drug-likeness (QED) is 0.520. The molecule has 18 heavy (non-hydrogen) atoms. The Morgan fingerprint density at radius 2 is 1.06 bits per heavy atom. The summed E-state index contributed by atoms with van der Waals surface area (Å²) >= 11 is 0. The second kappa shape index (κ2) is 3.36. The van der Waals surface area contributed by atoms with Crippen LogP contribution >= 0.6 is 0 Å². The van der Waals surface area contributed by atoms with Gasteiger partial charge in [-0.05, 0) is 12.1 Å². The molecule has 3 rings (SSSR count). The second-order valence-electron chi connectivity index (χ2n) is 3.87. The van der Waals surface area contributed by atoms with Crippen LogP contribution < -0.4 is 21.7 Å². The van der Waals surface area contributed by atoms with Crippen LogP contribution in [-0.4, -0.2) is 10.2 Å². The first kappa shape index (κ1) is 10.4. The van der Waals surface area contributed by atoms with Gasteiger partial charge in [-0.25, -0.2) is 0 Å². The monoisotopic (exact) mass is 242 g/mol. The third-order valence-corrected chi connectivity index (χ3v) is 2.88. The molecule has 0 bridgehead atoms. The van der Waals surface area contributed by atoms with Gasteiger partial charge in [-0.15, -0.1) is 0 Å². The molecule has 1 heterocycles. The van der Waals surface area contributed by atoms with Crippen molar-refractivity contribution in [2.45, 2.75) is 0 Å². The highest BCUT2D eigenvalue weighted by molar-refractivity contribution is 5.96. The standard InChI is InChI=1S/C12H6N2O4/c15-7-1-2-8(16)10-9(7)11(17)5-3-13-14-4-6(5)12(10)18/h1-4,13-14H. The fourth-order valence-corrected chi connectivity index (χ4v) is 2.04. The van der Waals surface area contributed by atoms with Crippen molar-refractivity contribution in [2.24, 2.45) is 0 Å². The molecule has 0 unspecified atom stereocenters. The van der Waals surface area contributed by atoms with Crippen LogP contribution in [0.1, 0.15) is 0 Å². The Labute approximate surface area is 97.8 Å². The lowest BCUT2D eigenvalue weighted by Crippen LogP contribution is -2.25. The smallest absolute Gasteiger partial charge is 0.200 e. The predicted molar refractivity (Wildman–Crippen MR) is 66.4 cm³/mol. The summed E-state index contributed by atoms with van der Waals surface area (Å²) in [6.07, 6.45) is 2.60. The van der Waals surface area contributed by atoms with Crippen LogP contribution in [0.25, 0.3) is 21.5 Å². The van der Waals surface area contributed by atoms with Crippen molar-refractivity contribution in [3.63, 3.8) is 0 Å². The summed E-state index contributed by atoms with van der Waals surface area (Å²) in [5.41, 5.74) is -2.43. The summed E-state index contributed by atoms with van der Waals surface area (Å²) in [4.78, 5) is 47.5. The van der Waals surface area contributed by atoms with Gasteiger partial charge in [-0.3, -0.25) is 19.2 Å². The summed E-state index contributed by atoms with van der Waals surface area (Å²) in [5, 5.41) is 4.63. The number of benzene rings is 2. The molecule has 0 spiro atoms. The van der Waals surface area contributed by atoms with Gasteiger partial charge in [0.1, 0.15) is 0 Å². The van der Waals surface area contributed by atoms with Crippen molar-refractivity contribution >= 4 is 21.5 Å². The Morgan fingerprint density at radius 1 is 0.667 bits per heavy atom. The van der Waals surface area contributed by atoms with Gasteiger partial charge in [0.2, 0.25) is 0 Å². The van der Waals surface area contributed by atoms with Crippen LogP contribution in [0.5, 0.6) is 0 Å².